The third kappa shape index (κ3) is 5.39. The van der Waals surface area contributed by atoms with Crippen molar-refractivity contribution in [2.24, 2.45) is 0 Å². The summed E-state index contributed by atoms with van der Waals surface area (Å²) in [5, 5.41) is 11.5. The molecule has 0 saturated heterocycles. The Morgan fingerprint density at radius 2 is 2.35 bits per heavy atom. The number of aliphatic hydroxyl groups excluding tert-OH is 1. The molecule has 0 aliphatic rings. The molecule has 1 rings (SSSR count). The van der Waals surface area contributed by atoms with Crippen LogP contribution in [0.1, 0.15) is 29.4 Å². The Hall–Kier alpha value is -1.90. The molecule has 5 nitrogen and oxygen atoms in total. The first-order chi connectivity index (χ1) is 9.69. The standard InChI is InChI=1S/C15H21N3O2/c1-3-18(2)11-10-17-15(20)14-13(7-4-5-12-19)8-6-9-16-14/h6,8-9,19H,3,5,10-12H2,1-2H3,(H,17,20). The van der Waals surface area contributed by atoms with Gasteiger partial charge in [0.2, 0.25) is 0 Å². The van der Waals surface area contributed by atoms with Crippen LogP contribution < -0.4 is 5.32 Å². The predicted octanol–water partition coefficient (Wildman–Crippen LogP) is 0.497. The summed E-state index contributed by atoms with van der Waals surface area (Å²) >= 11 is 0. The molecule has 108 valence electrons. The second kappa shape index (κ2) is 9.08. The van der Waals surface area contributed by atoms with E-state index in [1.807, 2.05) is 7.05 Å². The topological polar surface area (TPSA) is 65.5 Å². The second-order valence-corrected chi connectivity index (χ2v) is 4.33. The average molecular weight is 275 g/mol. The largest absolute Gasteiger partial charge is 0.395 e. The Morgan fingerprint density at radius 1 is 1.55 bits per heavy atom. The predicted molar refractivity (Wildman–Crippen MR) is 78.3 cm³/mol. The molecule has 0 bridgehead atoms. The summed E-state index contributed by atoms with van der Waals surface area (Å²) in [7, 11) is 2.00. The van der Waals surface area contributed by atoms with Crippen molar-refractivity contribution in [3.05, 3.63) is 29.6 Å². The van der Waals surface area contributed by atoms with E-state index in [0.29, 0.717) is 24.2 Å². The first kappa shape index (κ1) is 16.2. The van der Waals surface area contributed by atoms with E-state index >= 15 is 0 Å². The molecule has 0 unspecified atom stereocenters. The number of aromatic nitrogens is 1. The lowest BCUT2D eigenvalue weighted by Crippen LogP contribution is -2.33. The number of aliphatic hydroxyl groups is 1. The van der Waals surface area contributed by atoms with Crippen molar-refractivity contribution in [3.8, 4) is 11.8 Å². The van der Waals surface area contributed by atoms with E-state index in [9.17, 15) is 4.79 Å². The van der Waals surface area contributed by atoms with Crippen LogP contribution in [0.4, 0.5) is 0 Å². The molecule has 1 amide bonds. The highest BCUT2D eigenvalue weighted by molar-refractivity contribution is 5.94. The van der Waals surface area contributed by atoms with Gasteiger partial charge in [0.25, 0.3) is 5.91 Å². The molecule has 2 N–H and O–H groups in total. The molecular weight excluding hydrogens is 254 g/mol. The van der Waals surface area contributed by atoms with E-state index < -0.39 is 0 Å². The van der Waals surface area contributed by atoms with Gasteiger partial charge < -0.3 is 15.3 Å². The summed E-state index contributed by atoms with van der Waals surface area (Å²) in [4.78, 5) is 18.3. The van der Waals surface area contributed by atoms with Gasteiger partial charge in [-0.1, -0.05) is 18.8 Å². The number of carbonyl (C=O) groups is 1. The van der Waals surface area contributed by atoms with Gasteiger partial charge in [-0.15, -0.1) is 0 Å². The first-order valence-corrected chi connectivity index (χ1v) is 6.70. The first-order valence-electron chi connectivity index (χ1n) is 6.70. The highest BCUT2D eigenvalue weighted by atomic mass is 16.2. The van der Waals surface area contributed by atoms with Gasteiger partial charge in [-0.05, 0) is 25.7 Å². The fourth-order valence-corrected chi connectivity index (χ4v) is 1.50. The maximum atomic E-state index is 12.1. The Morgan fingerprint density at radius 3 is 3.05 bits per heavy atom. The van der Waals surface area contributed by atoms with Crippen LogP contribution in [0, 0.1) is 11.8 Å². The van der Waals surface area contributed by atoms with Gasteiger partial charge in [0.15, 0.2) is 0 Å². The van der Waals surface area contributed by atoms with Crippen molar-refractivity contribution in [1.29, 1.82) is 0 Å². The quantitative estimate of drug-likeness (QED) is 0.742. The number of nitrogens with zero attached hydrogens (tertiary/aromatic N) is 2. The van der Waals surface area contributed by atoms with Crippen LogP contribution in [0.3, 0.4) is 0 Å². The lowest BCUT2D eigenvalue weighted by Gasteiger charge is -2.14. The molecule has 0 aliphatic heterocycles. The highest BCUT2D eigenvalue weighted by Gasteiger charge is 2.10. The number of rotatable bonds is 6. The number of nitrogens with one attached hydrogen (secondary N) is 1. The van der Waals surface area contributed by atoms with Crippen LogP contribution in [0.15, 0.2) is 18.3 Å². The molecule has 0 fully saturated rings. The summed E-state index contributed by atoms with van der Waals surface area (Å²) in [6.07, 6.45) is 1.96. The van der Waals surface area contributed by atoms with E-state index in [4.69, 9.17) is 5.11 Å². The highest BCUT2D eigenvalue weighted by Crippen LogP contribution is 2.03. The Kier molecular flexibility index (Phi) is 7.33. The van der Waals surface area contributed by atoms with E-state index in [0.717, 1.165) is 13.1 Å². The summed E-state index contributed by atoms with van der Waals surface area (Å²) < 4.78 is 0. The number of carbonyl (C=O) groups excluding carboxylic acids is 1. The zero-order valence-corrected chi connectivity index (χ0v) is 12.0. The number of hydrogen-bond donors (Lipinski definition) is 2. The monoisotopic (exact) mass is 275 g/mol. The van der Waals surface area contributed by atoms with Crippen molar-refractivity contribution in [2.45, 2.75) is 13.3 Å². The molecule has 0 atom stereocenters. The molecule has 0 spiro atoms. The van der Waals surface area contributed by atoms with Crippen LogP contribution in [-0.2, 0) is 0 Å². The third-order valence-electron chi connectivity index (χ3n) is 2.80. The molecule has 0 radical (unpaired) electrons. The maximum absolute atomic E-state index is 12.1. The number of hydrogen-bond acceptors (Lipinski definition) is 4. The van der Waals surface area contributed by atoms with Gasteiger partial charge in [-0.25, -0.2) is 4.98 Å². The Bertz CT molecular complexity index is 491. The summed E-state index contributed by atoms with van der Waals surface area (Å²) in [5.41, 5.74) is 0.916. The van der Waals surface area contributed by atoms with Gasteiger partial charge in [-0.2, -0.15) is 0 Å². The van der Waals surface area contributed by atoms with E-state index in [2.05, 4.69) is 34.0 Å². The molecule has 0 aromatic carbocycles. The second-order valence-electron chi connectivity index (χ2n) is 4.33. The fourth-order valence-electron chi connectivity index (χ4n) is 1.50. The smallest absolute Gasteiger partial charge is 0.271 e. The van der Waals surface area contributed by atoms with E-state index in [-0.39, 0.29) is 12.5 Å². The van der Waals surface area contributed by atoms with Crippen LogP contribution >= 0.6 is 0 Å². The van der Waals surface area contributed by atoms with Gasteiger partial charge in [0, 0.05) is 25.7 Å². The SMILES string of the molecule is CCN(C)CCNC(=O)c1ncccc1C#CCCO. The molecule has 0 saturated carbocycles. The normalized spacial score (nSPS) is 10.0. The number of likely N-dealkylation sites (N-methyl/N-ethyl adjacent to an activating group) is 1. The van der Waals surface area contributed by atoms with Gasteiger partial charge >= 0.3 is 0 Å². The minimum atomic E-state index is -0.219. The maximum Gasteiger partial charge on any atom is 0.271 e. The van der Waals surface area contributed by atoms with Crippen molar-refractivity contribution in [2.75, 3.05) is 33.3 Å². The van der Waals surface area contributed by atoms with Gasteiger partial charge in [-0.3, -0.25) is 4.79 Å². The number of amides is 1. The van der Waals surface area contributed by atoms with Crippen LogP contribution in [0.2, 0.25) is 0 Å². The van der Waals surface area contributed by atoms with Gasteiger partial charge in [0.1, 0.15) is 5.69 Å². The number of pyridine rings is 1. The lowest BCUT2D eigenvalue weighted by atomic mass is 10.2. The van der Waals surface area contributed by atoms with Crippen molar-refractivity contribution in [3.63, 3.8) is 0 Å². The van der Waals surface area contributed by atoms with Crippen LogP contribution in [0.5, 0.6) is 0 Å². The average Bonchev–Trinajstić information content (AvgIpc) is 2.47. The summed E-state index contributed by atoms with van der Waals surface area (Å²) in [6.45, 7) is 4.38. The van der Waals surface area contributed by atoms with E-state index in [1.165, 1.54) is 0 Å². The lowest BCUT2D eigenvalue weighted by molar-refractivity contribution is 0.0945. The Balaban J connectivity index is 2.66. The molecule has 1 aromatic rings. The minimum Gasteiger partial charge on any atom is -0.395 e. The van der Waals surface area contributed by atoms with Crippen molar-refractivity contribution < 1.29 is 9.90 Å². The van der Waals surface area contributed by atoms with E-state index in [1.54, 1.807) is 18.3 Å². The molecule has 1 heterocycles. The van der Waals surface area contributed by atoms with Crippen LogP contribution in [0.25, 0.3) is 0 Å². The van der Waals surface area contributed by atoms with Crippen molar-refractivity contribution in [1.82, 2.24) is 15.2 Å². The Labute approximate surface area is 120 Å². The third-order valence-corrected chi connectivity index (χ3v) is 2.80. The molecular formula is C15H21N3O2. The van der Waals surface area contributed by atoms with Gasteiger partial charge in [0.05, 0.1) is 12.2 Å². The zero-order valence-electron chi connectivity index (χ0n) is 12.0. The summed E-state index contributed by atoms with van der Waals surface area (Å²) in [6, 6.07) is 3.50. The van der Waals surface area contributed by atoms with Crippen molar-refractivity contribution >= 4 is 5.91 Å². The molecule has 5 heteroatoms. The fraction of sp³-hybridized carbons (Fsp3) is 0.467. The molecule has 0 aliphatic carbocycles. The molecule has 1 aromatic heterocycles. The van der Waals surface area contributed by atoms with Crippen LogP contribution in [-0.4, -0.2) is 54.2 Å². The zero-order chi connectivity index (χ0) is 14.8. The minimum absolute atomic E-state index is 0.0120. The summed E-state index contributed by atoms with van der Waals surface area (Å²) in [5.74, 6) is 5.44. The molecule has 20 heavy (non-hydrogen) atoms.